The van der Waals surface area contributed by atoms with E-state index in [1.807, 2.05) is 0 Å². The van der Waals surface area contributed by atoms with Gasteiger partial charge in [-0.15, -0.1) is 0 Å². The van der Waals surface area contributed by atoms with Crippen molar-refractivity contribution < 1.29 is 23.1 Å². The molecule has 0 heterocycles. The Bertz CT molecular complexity index is 820. The summed E-state index contributed by atoms with van der Waals surface area (Å²) in [6, 6.07) is 8.93. The second kappa shape index (κ2) is 7.83. The van der Waals surface area contributed by atoms with Crippen LogP contribution in [0.5, 0.6) is 0 Å². The van der Waals surface area contributed by atoms with Gasteiger partial charge in [-0.1, -0.05) is 29.8 Å². The normalized spacial score (nSPS) is 19.2. The lowest BCUT2D eigenvalue weighted by Gasteiger charge is -2.18. The van der Waals surface area contributed by atoms with Crippen LogP contribution in [-0.4, -0.2) is 18.5 Å². The van der Waals surface area contributed by atoms with Crippen molar-refractivity contribution in [2.45, 2.75) is 25.4 Å². The highest BCUT2D eigenvalue weighted by Crippen LogP contribution is 2.33. The average molecular weight is 380 g/mol. The van der Waals surface area contributed by atoms with Gasteiger partial charge in [-0.2, -0.15) is 0 Å². The Kier molecular flexibility index (Phi) is 5.52. The highest BCUT2D eigenvalue weighted by Gasteiger charge is 2.35. The van der Waals surface area contributed by atoms with Crippen LogP contribution in [-0.2, 0) is 14.3 Å². The van der Waals surface area contributed by atoms with E-state index in [4.69, 9.17) is 16.3 Å². The zero-order chi connectivity index (χ0) is 18.7. The van der Waals surface area contributed by atoms with Crippen molar-refractivity contribution in [1.29, 1.82) is 0 Å². The molecule has 0 radical (unpaired) electrons. The summed E-state index contributed by atoms with van der Waals surface area (Å²) < 4.78 is 33.8. The third kappa shape index (κ3) is 3.70. The van der Waals surface area contributed by atoms with Gasteiger partial charge in [0.25, 0.3) is 6.47 Å². The van der Waals surface area contributed by atoms with E-state index in [0.717, 1.165) is 12.1 Å². The van der Waals surface area contributed by atoms with Crippen molar-refractivity contribution in [3.05, 3.63) is 53.1 Å². The van der Waals surface area contributed by atoms with Gasteiger partial charge in [-0.05, 0) is 43.0 Å². The molecule has 0 saturated heterocycles. The predicted octanol–water partition coefficient (Wildman–Crippen LogP) is 4.57. The number of anilines is 1. The molecule has 2 aromatic rings. The van der Waals surface area contributed by atoms with Gasteiger partial charge in [0.1, 0.15) is 23.4 Å². The van der Waals surface area contributed by atoms with Crippen molar-refractivity contribution >= 4 is 29.7 Å². The summed E-state index contributed by atoms with van der Waals surface area (Å²) in [6.45, 7) is 0.288. The van der Waals surface area contributed by atoms with Gasteiger partial charge in [-0.3, -0.25) is 9.59 Å². The Morgan fingerprint density at radius 3 is 2.54 bits per heavy atom. The maximum atomic E-state index is 14.4. The Balaban J connectivity index is 1.84. The van der Waals surface area contributed by atoms with Crippen molar-refractivity contribution in [3.8, 4) is 11.1 Å². The fraction of sp³-hybridized carbons (Fsp3) is 0.263. The summed E-state index contributed by atoms with van der Waals surface area (Å²) in [4.78, 5) is 22.9. The molecule has 2 aromatic carbocycles. The van der Waals surface area contributed by atoms with Gasteiger partial charge in [0, 0.05) is 10.6 Å². The molecule has 1 aliphatic carbocycles. The summed E-state index contributed by atoms with van der Waals surface area (Å²) in [6.07, 6.45) is 1.17. The Morgan fingerprint density at radius 1 is 1.19 bits per heavy atom. The SMILES string of the molecule is O=COC1CCCC1C(=O)Nc1c(F)cc(-c2ccccc2Cl)cc1F. The first kappa shape index (κ1) is 18.3. The van der Waals surface area contributed by atoms with Crippen LogP contribution in [0.2, 0.25) is 5.02 Å². The van der Waals surface area contributed by atoms with Gasteiger partial charge in [0.15, 0.2) is 0 Å². The molecule has 3 rings (SSSR count). The molecule has 0 bridgehead atoms. The number of benzene rings is 2. The lowest BCUT2D eigenvalue weighted by atomic mass is 10.0. The van der Waals surface area contributed by atoms with E-state index in [1.54, 1.807) is 24.3 Å². The van der Waals surface area contributed by atoms with Crippen LogP contribution in [0.1, 0.15) is 19.3 Å². The van der Waals surface area contributed by atoms with E-state index in [-0.39, 0.29) is 12.0 Å². The zero-order valence-electron chi connectivity index (χ0n) is 13.7. The number of nitrogens with one attached hydrogen (secondary N) is 1. The fourth-order valence-corrected chi connectivity index (χ4v) is 3.46. The topological polar surface area (TPSA) is 55.4 Å². The van der Waals surface area contributed by atoms with Crippen LogP contribution in [0.4, 0.5) is 14.5 Å². The maximum absolute atomic E-state index is 14.4. The molecule has 2 atom stereocenters. The van der Waals surface area contributed by atoms with Gasteiger partial charge in [0.05, 0.1) is 5.92 Å². The molecule has 1 amide bonds. The lowest BCUT2D eigenvalue weighted by molar-refractivity contribution is -0.137. The minimum Gasteiger partial charge on any atom is -0.464 e. The van der Waals surface area contributed by atoms with Crippen LogP contribution in [0.3, 0.4) is 0 Å². The van der Waals surface area contributed by atoms with Crippen LogP contribution in [0.25, 0.3) is 11.1 Å². The van der Waals surface area contributed by atoms with Crippen molar-refractivity contribution in [2.24, 2.45) is 5.92 Å². The van der Waals surface area contributed by atoms with Gasteiger partial charge >= 0.3 is 0 Å². The molecule has 2 unspecified atom stereocenters. The molecule has 0 spiro atoms. The number of hydrogen-bond donors (Lipinski definition) is 1. The van der Waals surface area contributed by atoms with Gasteiger partial charge < -0.3 is 10.1 Å². The van der Waals surface area contributed by atoms with E-state index in [0.29, 0.717) is 29.8 Å². The van der Waals surface area contributed by atoms with E-state index < -0.39 is 35.3 Å². The summed E-state index contributed by atoms with van der Waals surface area (Å²) in [7, 11) is 0. The minimum atomic E-state index is -0.904. The number of carbonyl (C=O) groups excluding carboxylic acids is 2. The number of hydrogen-bond acceptors (Lipinski definition) is 3. The van der Waals surface area contributed by atoms with Crippen LogP contribution in [0, 0.1) is 17.6 Å². The summed E-state index contributed by atoms with van der Waals surface area (Å²) in [5.74, 6) is -3.00. The van der Waals surface area contributed by atoms with Crippen LogP contribution in [0.15, 0.2) is 36.4 Å². The number of ether oxygens (including phenoxy) is 1. The quantitative estimate of drug-likeness (QED) is 0.774. The number of halogens is 3. The molecule has 1 N–H and O–H groups in total. The second-order valence-corrected chi connectivity index (χ2v) is 6.50. The molecule has 26 heavy (non-hydrogen) atoms. The zero-order valence-corrected chi connectivity index (χ0v) is 14.4. The summed E-state index contributed by atoms with van der Waals surface area (Å²) >= 11 is 6.06. The fourth-order valence-electron chi connectivity index (χ4n) is 3.22. The Morgan fingerprint density at radius 2 is 1.88 bits per heavy atom. The van der Waals surface area contributed by atoms with E-state index >= 15 is 0 Å². The molecule has 4 nitrogen and oxygen atoms in total. The molecule has 1 saturated carbocycles. The molecule has 1 aliphatic rings. The van der Waals surface area contributed by atoms with Crippen LogP contribution < -0.4 is 5.32 Å². The van der Waals surface area contributed by atoms with Gasteiger partial charge in [0.2, 0.25) is 5.91 Å². The smallest absolute Gasteiger partial charge is 0.293 e. The van der Waals surface area contributed by atoms with Crippen LogP contribution >= 0.6 is 11.6 Å². The largest absolute Gasteiger partial charge is 0.464 e. The highest BCUT2D eigenvalue weighted by atomic mass is 35.5. The third-order valence-corrected chi connectivity index (χ3v) is 4.82. The number of rotatable bonds is 5. The first-order valence-electron chi connectivity index (χ1n) is 8.15. The highest BCUT2D eigenvalue weighted by molar-refractivity contribution is 6.33. The predicted molar refractivity (Wildman–Crippen MR) is 93.7 cm³/mol. The van der Waals surface area contributed by atoms with E-state index in [1.165, 1.54) is 0 Å². The Hall–Kier alpha value is -2.47. The number of amides is 1. The Labute approximate surface area is 154 Å². The molecular formula is C19H16ClF2NO3. The first-order chi connectivity index (χ1) is 12.5. The van der Waals surface area contributed by atoms with Crippen molar-refractivity contribution in [1.82, 2.24) is 0 Å². The van der Waals surface area contributed by atoms with Gasteiger partial charge in [-0.25, -0.2) is 8.78 Å². The second-order valence-electron chi connectivity index (χ2n) is 6.09. The molecule has 7 heteroatoms. The monoisotopic (exact) mass is 379 g/mol. The molecule has 1 fully saturated rings. The van der Waals surface area contributed by atoms with E-state index in [9.17, 15) is 18.4 Å². The first-order valence-corrected chi connectivity index (χ1v) is 8.53. The lowest BCUT2D eigenvalue weighted by Crippen LogP contribution is -2.31. The molecular weight excluding hydrogens is 364 g/mol. The molecule has 0 aromatic heterocycles. The summed E-state index contributed by atoms with van der Waals surface area (Å²) in [5.41, 5.74) is 0.231. The summed E-state index contributed by atoms with van der Waals surface area (Å²) in [5, 5.41) is 2.65. The van der Waals surface area contributed by atoms with E-state index in [2.05, 4.69) is 5.32 Å². The standard InChI is InChI=1S/C19H16ClF2NO3/c20-14-6-2-1-4-12(14)11-8-15(21)18(16(22)9-11)23-19(25)13-5-3-7-17(13)26-10-24/h1-2,4,6,8-10,13,17H,3,5,7H2,(H,23,25). The van der Waals surface area contributed by atoms with Crippen molar-refractivity contribution in [3.63, 3.8) is 0 Å². The minimum absolute atomic E-state index is 0.270. The molecule has 0 aliphatic heterocycles. The molecule has 136 valence electrons. The number of carbonyl (C=O) groups is 2. The average Bonchev–Trinajstić information content (AvgIpc) is 3.07. The maximum Gasteiger partial charge on any atom is 0.293 e. The van der Waals surface area contributed by atoms with Crippen molar-refractivity contribution in [2.75, 3.05) is 5.32 Å². The third-order valence-electron chi connectivity index (χ3n) is 4.49.